The lowest BCUT2D eigenvalue weighted by Gasteiger charge is -2.30. The van der Waals surface area contributed by atoms with Crippen LogP contribution in [-0.4, -0.2) is 47.9 Å². The summed E-state index contributed by atoms with van der Waals surface area (Å²) in [5.74, 6) is 0.859. The number of hydrogen-bond acceptors (Lipinski definition) is 5. The molecule has 2 fully saturated rings. The molecule has 2 amide bonds. The first-order chi connectivity index (χ1) is 11.2. The number of aromatic nitrogens is 1. The van der Waals surface area contributed by atoms with Crippen LogP contribution < -0.4 is 10.6 Å². The number of amides is 2. The van der Waals surface area contributed by atoms with Gasteiger partial charge >= 0.3 is 0 Å². The molecule has 2 saturated heterocycles. The molecule has 3 unspecified atom stereocenters. The van der Waals surface area contributed by atoms with Gasteiger partial charge in [0.25, 0.3) is 5.91 Å². The maximum Gasteiger partial charge on any atom is 0.270 e. The second-order valence-corrected chi connectivity index (χ2v) is 6.30. The minimum Gasteiger partial charge on any atom is -0.440 e. The normalized spacial score (nSPS) is 26.2. The summed E-state index contributed by atoms with van der Waals surface area (Å²) in [6.07, 6.45) is 4.40. The third-order valence-corrected chi connectivity index (χ3v) is 4.64. The van der Waals surface area contributed by atoms with Crippen molar-refractivity contribution >= 4 is 29.2 Å². The van der Waals surface area contributed by atoms with Crippen LogP contribution in [0.5, 0.6) is 0 Å². The monoisotopic (exact) mass is 314 g/mol. The zero-order valence-electron chi connectivity index (χ0n) is 12.6. The van der Waals surface area contributed by atoms with Gasteiger partial charge in [-0.15, -0.1) is 0 Å². The van der Waals surface area contributed by atoms with Gasteiger partial charge in [-0.2, -0.15) is 0 Å². The quantitative estimate of drug-likeness (QED) is 0.829. The van der Waals surface area contributed by atoms with Crippen molar-refractivity contribution in [3.05, 3.63) is 24.0 Å². The maximum absolute atomic E-state index is 12.4. The number of fused-ring (bicyclic) bond motifs is 3. The van der Waals surface area contributed by atoms with Crippen molar-refractivity contribution in [3.63, 3.8) is 0 Å². The van der Waals surface area contributed by atoms with Crippen molar-refractivity contribution in [2.24, 2.45) is 5.92 Å². The van der Waals surface area contributed by atoms with E-state index in [-0.39, 0.29) is 11.9 Å². The predicted molar refractivity (Wildman–Crippen MR) is 84.1 cm³/mol. The molecule has 0 saturated carbocycles. The highest BCUT2D eigenvalue weighted by atomic mass is 16.4. The summed E-state index contributed by atoms with van der Waals surface area (Å²) in [6.45, 7) is 3.22. The second kappa shape index (κ2) is 5.66. The first-order valence-corrected chi connectivity index (χ1v) is 7.84. The number of anilines is 1. The summed E-state index contributed by atoms with van der Waals surface area (Å²) in [6, 6.07) is 3.47. The molecule has 3 atom stereocenters. The van der Waals surface area contributed by atoms with Gasteiger partial charge in [0, 0.05) is 42.8 Å². The molecular weight excluding hydrogens is 296 g/mol. The van der Waals surface area contributed by atoms with Crippen molar-refractivity contribution < 1.29 is 14.0 Å². The molecule has 2 aliphatic heterocycles. The third kappa shape index (κ3) is 2.79. The SMILES string of the molecule is O=CNc1cc2cnc(C(=O)NC3CC4CCN(C4)C3)cc2o1. The minimum absolute atomic E-state index is 0.180. The predicted octanol–water partition coefficient (Wildman–Crippen LogP) is 1.22. The van der Waals surface area contributed by atoms with E-state index in [1.54, 1.807) is 18.3 Å². The summed E-state index contributed by atoms with van der Waals surface area (Å²) in [5.41, 5.74) is 0.861. The van der Waals surface area contributed by atoms with Gasteiger partial charge in [0.15, 0.2) is 0 Å². The summed E-state index contributed by atoms with van der Waals surface area (Å²) >= 11 is 0. The van der Waals surface area contributed by atoms with Gasteiger partial charge in [0.1, 0.15) is 11.3 Å². The number of rotatable bonds is 4. The molecule has 4 rings (SSSR count). The Morgan fingerprint density at radius 3 is 3.13 bits per heavy atom. The third-order valence-electron chi connectivity index (χ3n) is 4.64. The summed E-state index contributed by atoms with van der Waals surface area (Å²) in [5, 5.41) is 6.27. The fourth-order valence-electron chi connectivity index (χ4n) is 3.61. The first kappa shape index (κ1) is 14.2. The first-order valence-electron chi connectivity index (χ1n) is 7.84. The van der Waals surface area contributed by atoms with E-state index in [2.05, 4.69) is 20.5 Å². The fourth-order valence-corrected chi connectivity index (χ4v) is 3.61. The Morgan fingerprint density at radius 1 is 1.39 bits per heavy atom. The van der Waals surface area contributed by atoms with E-state index < -0.39 is 0 Å². The lowest BCUT2D eigenvalue weighted by Crippen LogP contribution is -2.47. The van der Waals surface area contributed by atoms with Crippen LogP contribution in [0.15, 0.2) is 22.7 Å². The van der Waals surface area contributed by atoms with Crippen LogP contribution in [0.2, 0.25) is 0 Å². The lowest BCUT2D eigenvalue weighted by molar-refractivity contribution is -0.105. The van der Waals surface area contributed by atoms with Gasteiger partial charge in [-0.3, -0.25) is 19.9 Å². The van der Waals surface area contributed by atoms with Crippen molar-refractivity contribution in [2.75, 3.05) is 25.0 Å². The molecule has 0 radical (unpaired) electrons. The molecule has 4 heterocycles. The molecule has 0 aliphatic carbocycles. The zero-order chi connectivity index (χ0) is 15.8. The maximum atomic E-state index is 12.4. The zero-order valence-corrected chi connectivity index (χ0v) is 12.6. The molecule has 2 N–H and O–H groups in total. The summed E-state index contributed by atoms with van der Waals surface area (Å²) < 4.78 is 5.46. The summed E-state index contributed by atoms with van der Waals surface area (Å²) in [4.78, 5) is 29.5. The Bertz CT molecular complexity index is 745. The van der Waals surface area contributed by atoms with Crippen molar-refractivity contribution in [1.82, 2.24) is 15.2 Å². The van der Waals surface area contributed by atoms with E-state index in [0.29, 0.717) is 29.5 Å². The standard InChI is InChI=1S/C16H18N4O3/c21-9-18-15-4-11-6-17-13(5-14(11)23-15)16(22)19-12-3-10-1-2-20(7-10)8-12/h4-6,9-10,12H,1-3,7-8H2,(H,18,21)(H,19,22). The highest BCUT2D eigenvalue weighted by Gasteiger charge is 2.33. The Kier molecular flexibility index (Phi) is 3.49. The molecule has 7 nitrogen and oxygen atoms in total. The van der Waals surface area contributed by atoms with E-state index in [1.165, 1.54) is 6.42 Å². The molecular formula is C16H18N4O3. The second-order valence-electron chi connectivity index (χ2n) is 6.30. The number of furan rings is 1. The Balaban J connectivity index is 1.49. The van der Waals surface area contributed by atoms with E-state index in [0.717, 1.165) is 31.4 Å². The van der Waals surface area contributed by atoms with E-state index in [4.69, 9.17) is 4.42 Å². The number of piperidine rings is 1. The number of carbonyl (C=O) groups is 2. The van der Waals surface area contributed by atoms with Crippen molar-refractivity contribution in [1.29, 1.82) is 0 Å². The molecule has 23 heavy (non-hydrogen) atoms. The average Bonchev–Trinajstić information content (AvgIpc) is 3.09. The van der Waals surface area contributed by atoms with Crippen LogP contribution in [0.4, 0.5) is 5.88 Å². The molecule has 2 bridgehead atoms. The van der Waals surface area contributed by atoms with Gasteiger partial charge in [-0.25, -0.2) is 0 Å². The lowest BCUT2D eigenvalue weighted by atomic mass is 9.97. The Morgan fingerprint density at radius 2 is 2.30 bits per heavy atom. The van der Waals surface area contributed by atoms with Gasteiger partial charge in [0.05, 0.1) is 0 Å². The average molecular weight is 314 g/mol. The minimum atomic E-state index is -0.180. The van der Waals surface area contributed by atoms with Crippen LogP contribution in [0.25, 0.3) is 11.0 Å². The molecule has 2 aliphatic rings. The smallest absolute Gasteiger partial charge is 0.270 e. The largest absolute Gasteiger partial charge is 0.440 e. The molecule has 2 aromatic heterocycles. The van der Waals surface area contributed by atoms with Gasteiger partial charge in [-0.1, -0.05) is 0 Å². The molecule has 0 aromatic carbocycles. The number of nitrogens with one attached hydrogen (secondary N) is 2. The van der Waals surface area contributed by atoms with E-state index >= 15 is 0 Å². The van der Waals surface area contributed by atoms with E-state index in [9.17, 15) is 9.59 Å². The Hall–Kier alpha value is -2.41. The number of pyridine rings is 1. The number of carbonyl (C=O) groups excluding carboxylic acids is 2. The van der Waals surface area contributed by atoms with Crippen molar-refractivity contribution in [2.45, 2.75) is 18.9 Å². The molecule has 120 valence electrons. The van der Waals surface area contributed by atoms with Crippen molar-refractivity contribution in [3.8, 4) is 0 Å². The van der Waals surface area contributed by atoms with Crippen LogP contribution in [-0.2, 0) is 4.79 Å². The molecule has 2 aromatic rings. The topological polar surface area (TPSA) is 87.5 Å². The van der Waals surface area contributed by atoms with E-state index in [1.807, 2.05) is 0 Å². The van der Waals surface area contributed by atoms with Crippen LogP contribution in [0.3, 0.4) is 0 Å². The van der Waals surface area contributed by atoms with Crippen LogP contribution >= 0.6 is 0 Å². The Labute approximate surface area is 133 Å². The number of nitrogens with zero attached hydrogens (tertiary/aromatic N) is 2. The molecule has 0 spiro atoms. The summed E-state index contributed by atoms with van der Waals surface area (Å²) in [7, 11) is 0. The fraction of sp³-hybridized carbons (Fsp3) is 0.438. The van der Waals surface area contributed by atoms with Gasteiger partial charge in [0.2, 0.25) is 12.3 Å². The molecule has 7 heteroatoms. The number of hydrogen-bond donors (Lipinski definition) is 2. The van der Waals surface area contributed by atoms with Gasteiger partial charge < -0.3 is 14.6 Å². The van der Waals surface area contributed by atoms with Gasteiger partial charge in [-0.05, 0) is 25.3 Å². The highest BCUT2D eigenvalue weighted by molar-refractivity contribution is 5.96. The highest BCUT2D eigenvalue weighted by Crippen LogP contribution is 2.27. The van der Waals surface area contributed by atoms with Crippen LogP contribution in [0.1, 0.15) is 23.3 Å². The van der Waals surface area contributed by atoms with Crippen LogP contribution in [0, 0.1) is 5.92 Å².